The number of nitrogens with zero attached hydrogens (tertiary/aromatic N) is 1. The van der Waals surface area contributed by atoms with E-state index in [1.54, 1.807) is 6.07 Å². The number of hydrogen-bond acceptors (Lipinski definition) is 3. The molecule has 0 aliphatic carbocycles. The zero-order valence-corrected chi connectivity index (χ0v) is 12.4. The summed E-state index contributed by atoms with van der Waals surface area (Å²) in [5.74, 6) is -0.344. The standard InChI is InChI=1S/C14H17Cl2NO2/c1-10-8-11(15)9-12(16)13(10)17-4-2-14(3-5-17)18-6-7-19-14/h8-9H,2-7H2,1H3. The first-order valence-corrected chi connectivity index (χ1v) is 7.34. The topological polar surface area (TPSA) is 21.7 Å². The third kappa shape index (κ3) is 2.57. The fourth-order valence-corrected chi connectivity index (χ4v) is 3.67. The Morgan fingerprint density at radius 1 is 1.11 bits per heavy atom. The Bertz CT molecular complexity index is 453. The molecule has 0 N–H and O–H groups in total. The maximum atomic E-state index is 6.33. The van der Waals surface area contributed by atoms with Crippen molar-refractivity contribution in [3.05, 3.63) is 27.7 Å². The SMILES string of the molecule is Cc1cc(Cl)cc(Cl)c1N1CCC2(CC1)OCCO2. The highest BCUT2D eigenvalue weighted by molar-refractivity contribution is 6.36. The van der Waals surface area contributed by atoms with Crippen molar-refractivity contribution in [2.24, 2.45) is 0 Å². The van der Waals surface area contributed by atoms with Gasteiger partial charge in [0.15, 0.2) is 5.79 Å². The number of halogens is 2. The average Bonchev–Trinajstić information content (AvgIpc) is 2.79. The Kier molecular flexibility index (Phi) is 3.65. The van der Waals surface area contributed by atoms with Gasteiger partial charge in [-0.25, -0.2) is 0 Å². The number of piperidine rings is 1. The van der Waals surface area contributed by atoms with Gasteiger partial charge in [-0.1, -0.05) is 23.2 Å². The highest BCUT2D eigenvalue weighted by Gasteiger charge is 2.40. The van der Waals surface area contributed by atoms with E-state index in [2.05, 4.69) is 4.90 Å². The number of anilines is 1. The summed E-state index contributed by atoms with van der Waals surface area (Å²) in [4.78, 5) is 2.30. The van der Waals surface area contributed by atoms with Crippen LogP contribution in [-0.2, 0) is 9.47 Å². The first-order valence-electron chi connectivity index (χ1n) is 6.58. The molecule has 0 bridgehead atoms. The van der Waals surface area contributed by atoms with E-state index < -0.39 is 0 Å². The van der Waals surface area contributed by atoms with Crippen LogP contribution in [0.15, 0.2) is 12.1 Å². The molecule has 0 radical (unpaired) electrons. The first kappa shape index (κ1) is 13.5. The molecule has 3 nitrogen and oxygen atoms in total. The average molecular weight is 302 g/mol. The maximum Gasteiger partial charge on any atom is 0.171 e. The van der Waals surface area contributed by atoms with Gasteiger partial charge in [-0.05, 0) is 24.6 Å². The molecule has 0 amide bonds. The minimum Gasteiger partial charge on any atom is -0.370 e. The summed E-state index contributed by atoms with van der Waals surface area (Å²) in [6.45, 7) is 5.24. The van der Waals surface area contributed by atoms with E-state index in [1.165, 1.54) is 0 Å². The Hall–Kier alpha value is -0.480. The van der Waals surface area contributed by atoms with Crippen LogP contribution in [0.3, 0.4) is 0 Å². The molecule has 1 aromatic carbocycles. The van der Waals surface area contributed by atoms with Crippen molar-refractivity contribution in [1.29, 1.82) is 0 Å². The molecule has 2 heterocycles. The zero-order chi connectivity index (χ0) is 13.5. The van der Waals surface area contributed by atoms with Crippen molar-refractivity contribution >= 4 is 28.9 Å². The van der Waals surface area contributed by atoms with Crippen molar-refractivity contribution in [2.75, 3.05) is 31.2 Å². The van der Waals surface area contributed by atoms with Crippen molar-refractivity contribution < 1.29 is 9.47 Å². The molecular weight excluding hydrogens is 285 g/mol. The summed E-state index contributed by atoms with van der Waals surface area (Å²) in [7, 11) is 0. The molecule has 2 aliphatic rings. The number of benzene rings is 1. The second-order valence-corrected chi connectivity index (χ2v) is 5.99. The monoisotopic (exact) mass is 301 g/mol. The van der Waals surface area contributed by atoms with E-state index in [9.17, 15) is 0 Å². The Labute approximate surface area is 123 Å². The number of ether oxygens (including phenoxy) is 2. The maximum absolute atomic E-state index is 6.33. The Morgan fingerprint density at radius 3 is 2.32 bits per heavy atom. The largest absolute Gasteiger partial charge is 0.370 e. The minimum absolute atomic E-state index is 0.344. The second-order valence-electron chi connectivity index (χ2n) is 5.15. The van der Waals surface area contributed by atoms with Crippen molar-refractivity contribution in [3.63, 3.8) is 0 Å². The molecule has 3 rings (SSSR count). The lowest BCUT2D eigenvalue weighted by Gasteiger charge is -2.39. The van der Waals surface area contributed by atoms with Gasteiger partial charge in [-0.15, -0.1) is 0 Å². The van der Waals surface area contributed by atoms with Crippen molar-refractivity contribution in [1.82, 2.24) is 0 Å². The summed E-state index contributed by atoms with van der Waals surface area (Å²) in [5, 5.41) is 1.40. The summed E-state index contributed by atoms with van der Waals surface area (Å²) < 4.78 is 11.5. The van der Waals surface area contributed by atoms with Crippen LogP contribution >= 0.6 is 23.2 Å². The molecule has 0 unspecified atom stereocenters. The molecule has 0 atom stereocenters. The van der Waals surface area contributed by atoms with Crippen LogP contribution in [0, 0.1) is 6.92 Å². The van der Waals surface area contributed by atoms with Crippen molar-refractivity contribution in [2.45, 2.75) is 25.6 Å². The molecule has 1 aromatic rings. The van der Waals surface area contributed by atoms with Gasteiger partial charge in [0.05, 0.1) is 23.9 Å². The smallest absolute Gasteiger partial charge is 0.171 e. The van der Waals surface area contributed by atoms with Gasteiger partial charge >= 0.3 is 0 Å². The van der Waals surface area contributed by atoms with Gasteiger partial charge in [-0.2, -0.15) is 0 Å². The summed E-state index contributed by atoms with van der Waals surface area (Å²) >= 11 is 12.3. The highest BCUT2D eigenvalue weighted by Crippen LogP contribution is 2.38. The molecule has 0 aromatic heterocycles. The fourth-order valence-electron chi connectivity index (χ4n) is 2.95. The second kappa shape index (κ2) is 5.13. The molecule has 2 saturated heterocycles. The molecule has 19 heavy (non-hydrogen) atoms. The molecule has 5 heteroatoms. The fraction of sp³-hybridized carbons (Fsp3) is 0.571. The molecule has 2 fully saturated rings. The van der Waals surface area contributed by atoms with E-state index in [0.29, 0.717) is 23.3 Å². The molecule has 2 aliphatic heterocycles. The predicted octanol–water partition coefficient (Wildman–Crippen LogP) is 3.65. The lowest BCUT2D eigenvalue weighted by atomic mass is 10.0. The minimum atomic E-state index is -0.344. The van der Waals surface area contributed by atoms with Crippen LogP contribution in [-0.4, -0.2) is 32.1 Å². The summed E-state index contributed by atoms with van der Waals surface area (Å²) in [6, 6.07) is 3.76. The lowest BCUT2D eigenvalue weighted by molar-refractivity contribution is -0.169. The Balaban J connectivity index is 1.78. The van der Waals surface area contributed by atoms with Gasteiger partial charge in [-0.3, -0.25) is 0 Å². The van der Waals surface area contributed by atoms with Gasteiger partial charge < -0.3 is 14.4 Å². The van der Waals surface area contributed by atoms with E-state index >= 15 is 0 Å². The summed E-state index contributed by atoms with van der Waals surface area (Å²) in [5.41, 5.74) is 2.20. The first-order chi connectivity index (χ1) is 9.10. The quantitative estimate of drug-likeness (QED) is 0.790. The van der Waals surface area contributed by atoms with Crippen LogP contribution in [0.4, 0.5) is 5.69 Å². The van der Waals surface area contributed by atoms with E-state index in [0.717, 1.165) is 37.2 Å². The van der Waals surface area contributed by atoms with Crippen molar-refractivity contribution in [3.8, 4) is 0 Å². The third-order valence-electron chi connectivity index (χ3n) is 3.87. The van der Waals surface area contributed by atoms with Crippen LogP contribution < -0.4 is 4.90 Å². The van der Waals surface area contributed by atoms with Gasteiger partial charge in [0, 0.05) is 31.0 Å². The number of aryl methyl sites for hydroxylation is 1. The van der Waals surface area contributed by atoms with Crippen LogP contribution in [0.2, 0.25) is 10.0 Å². The molecule has 0 saturated carbocycles. The third-order valence-corrected chi connectivity index (χ3v) is 4.38. The lowest BCUT2D eigenvalue weighted by Crippen LogP contribution is -2.45. The van der Waals surface area contributed by atoms with Gasteiger partial charge in [0.25, 0.3) is 0 Å². The normalized spacial score (nSPS) is 22.2. The number of rotatable bonds is 1. The van der Waals surface area contributed by atoms with Crippen LogP contribution in [0.25, 0.3) is 0 Å². The summed E-state index contributed by atoms with van der Waals surface area (Å²) in [6.07, 6.45) is 1.76. The number of hydrogen-bond donors (Lipinski definition) is 0. The van der Waals surface area contributed by atoms with E-state index in [-0.39, 0.29) is 5.79 Å². The molecule has 1 spiro atoms. The van der Waals surface area contributed by atoms with Crippen LogP contribution in [0.5, 0.6) is 0 Å². The van der Waals surface area contributed by atoms with E-state index in [4.69, 9.17) is 32.7 Å². The van der Waals surface area contributed by atoms with E-state index in [1.807, 2.05) is 13.0 Å². The van der Waals surface area contributed by atoms with Gasteiger partial charge in [0.1, 0.15) is 0 Å². The highest BCUT2D eigenvalue weighted by atomic mass is 35.5. The van der Waals surface area contributed by atoms with Crippen LogP contribution in [0.1, 0.15) is 18.4 Å². The predicted molar refractivity (Wildman–Crippen MR) is 77.3 cm³/mol. The Morgan fingerprint density at radius 2 is 1.74 bits per heavy atom. The van der Waals surface area contributed by atoms with Gasteiger partial charge in [0.2, 0.25) is 0 Å². The molecule has 104 valence electrons. The molecular formula is C14H17Cl2NO2. The zero-order valence-electron chi connectivity index (χ0n) is 10.9.